The van der Waals surface area contributed by atoms with Crippen molar-refractivity contribution in [3.8, 4) is 0 Å². The normalized spacial score (nSPS) is 17.3. The summed E-state index contributed by atoms with van der Waals surface area (Å²) in [6.45, 7) is -0.0488. The maximum atomic E-state index is 12.6. The first-order chi connectivity index (χ1) is 23.8. The molecule has 5 rings (SSSR count). The molecule has 3 atom stereocenters. The molecule has 1 aliphatic heterocycles. The predicted octanol–water partition coefficient (Wildman–Crippen LogP) is 7.32. The topological polar surface area (TPSA) is 160 Å². The highest BCUT2D eigenvalue weighted by molar-refractivity contribution is 7.99. The van der Waals surface area contributed by atoms with E-state index < -0.39 is 12.3 Å². The maximum absolute atomic E-state index is 12.6. The number of carboxylic acids is 1. The lowest BCUT2D eigenvalue weighted by atomic mass is 10.0. The number of hydrogen-bond donors (Lipinski definition) is 5. The fourth-order valence-electron chi connectivity index (χ4n) is 5.49. The number of carbonyl (C=O) groups is 3. The van der Waals surface area contributed by atoms with Crippen LogP contribution < -0.4 is 16.4 Å². The van der Waals surface area contributed by atoms with E-state index in [-0.39, 0.29) is 36.2 Å². The van der Waals surface area contributed by atoms with Crippen molar-refractivity contribution in [3.05, 3.63) is 119 Å². The lowest BCUT2D eigenvalue weighted by Crippen LogP contribution is -2.31. The Balaban J connectivity index is 1.14. The second kappa shape index (κ2) is 17.6. The molecule has 4 aromatic carbocycles. The summed E-state index contributed by atoms with van der Waals surface area (Å²) >= 11 is 1.44. The van der Waals surface area contributed by atoms with Gasteiger partial charge < -0.3 is 36.1 Å². The molecule has 256 valence electrons. The van der Waals surface area contributed by atoms with Crippen LogP contribution >= 0.6 is 11.8 Å². The van der Waals surface area contributed by atoms with Crippen LogP contribution in [-0.4, -0.2) is 39.9 Å². The molecule has 11 heteroatoms. The van der Waals surface area contributed by atoms with Crippen molar-refractivity contribution in [2.45, 2.75) is 68.5 Å². The Labute approximate surface area is 290 Å². The summed E-state index contributed by atoms with van der Waals surface area (Å²) in [5, 5.41) is 24.8. The molecule has 1 fully saturated rings. The number of unbranched alkanes of at least 4 members (excludes halogenated alkanes) is 2. The number of benzene rings is 4. The van der Waals surface area contributed by atoms with Crippen LogP contribution in [0, 0.1) is 0 Å². The number of nitrogens with two attached hydrogens (primary N) is 1. The first-order valence-corrected chi connectivity index (χ1v) is 17.3. The van der Waals surface area contributed by atoms with Gasteiger partial charge in [0.1, 0.15) is 0 Å². The summed E-state index contributed by atoms with van der Waals surface area (Å²) in [6, 6.07) is 29.0. The van der Waals surface area contributed by atoms with E-state index >= 15 is 0 Å². The van der Waals surface area contributed by atoms with Crippen molar-refractivity contribution in [1.82, 2.24) is 0 Å². The summed E-state index contributed by atoms with van der Waals surface area (Å²) in [7, 11) is 0. The third-order valence-corrected chi connectivity index (χ3v) is 9.37. The number of anilines is 3. The third-order valence-electron chi connectivity index (χ3n) is 8.17. The standard InChI is InChI=1S/C38H41N3O7S/c39-31-9-5-6-10-32(31)41-36(44)13-3-1-2-12-35(43)40-28-20-18-27(19-21-28)38-47-29(24-49-34-11-7-4-8-30(34)37(45)46)22-33(48-38)26-16-14-25(23-42)15-17-26/h4-11,14-21,29,33,38,42H,1-3,12-13,22-24,39H2,(H,40,43)(H,41,44)(H,45,46). The van der Waals surface area contributed by atoms with Crippen LogP contribution in [0.4, 0.5) is 17.1 Å². The first kappa shape index (κ1) is 35.6. The van der Waals surface area contributed by atoms with Gasteiger partial charge in [0.15, 0.2) is 6.29 Å². The zero-order chi connectivity index (χ0) is 34.6. The van der Waals surface area contributed by atoms with E-state index in [9.17, 15) is 24.6 Å². The summed E-state index contributed by atoms with van der Waals surface area (Å²) in [5.41, 5.74) is 10.4. The smallest absolute Gasteiger partial charge is 0.336 e. The number of aliphatic hydroxyl groups excluding tert-OH is 1. The van der Waals surface area contributed by atoms with Gasteiger partial charge in [-0.05, 0) is 60.4 Å². The maximum Gasteiger partial charge on any atom is 0.336 e. The van der Waals surface area contributed by atoms with Gasteiger partial charge in [-0.3, -0.25) is 9.59 Å². The minimum absolute atomic E-state index is 0.0488. The molecule has 3 unspecified atom stereocenters. The van der Waals surface area contributed by atoms with Crippen LogP contribution in [0.15, 0.2) is 102 Å². The summed E-state index contributed by atoms with van der Waals surface area (Å²) < 4.78 is 12.8. The lowest BCUT2D eigenvalue weighted by molar-refractivity contribution is -0.245. The highest BCUT2D eigenvalue weighted by Gasteiger charge is 2.32. The Hall–Kier alpha value is -4.68. The van der Waals surface area contributed by atoms with Crippen molar-refractivity contribution in [1.29, 1.82) is 0 Å². The molecular weight excluding hydrogens is 642 g/mol. The number of carboxylic acid groups (broad SMARTS) is 1. The Morgan fingerprint density at radius 2 is 1.43 bits per heavy atom. The van der Waals surface area contributed by atoms with E-state index in [0.717, 1.165) is 23.1 Å². The molecule has 0 aliphatic carbocycles. The van der Waals surface area contributed by atoms with Gasteiger partial charge in [0.05, 0.1) is 35.8 Å². The van der Waals surface area contributed by atoms with Gasteiger partial charge in [0.2, 0.25) is 11.8 Å². The van der Waals surface area contributed by atoms with Crippen LogP contribution in [0.1, 0.15) is 78.0 Å². The van der Waals surface area contributed by atoms with Crippen molar-refractivity contribution < 1.29 is 34.1 Å². The van der Waals surface area contributed by atoms with Crippen LogP contribution in [0.5, 0.6) is 0 Å². The number of ether oxygens (including phenoxy) is 2. The molecule has 4 aromatic rings. The highest BCUT2D eigenvalue weighted by atomic mass is 32.2. The number of aromatic carboxylic acids is 1. The van der Waals surface area contributed by atoms with Crippen molar-refractivity contribution >= 4 is 46.6 Å². The van der Waals surface area contributed by atoms with Gasteiger partial charge in [0, 0.05) is 41.2 Å². The second-order valence-corrected chi connectivity index (χ2v) is 12.9. The Kier molecular flexibility index (Phi) is 12.8. The monoisotopic (exact) mass is 683 g/mol. The zero-order valence-corrected chi connectivity index (χ0v) is 27.9. The SMILES string of the molecule is Nc1ccccc1NC(=O)CCCCCC(=O)Nc1ccc(C2OC(CSc3ccccc3C(=O)O)CC(c3ccc(CO)cc3)O2)cc1. The van der Waals surface area contributed by atoms with Gasteiger partial charge >= 0.3 is 5.97 Å². The molecule has 1 saturated heterocycles. The summed E-state index contributed by atoms with van der Waals surface area (Å²) in [6.07, 6.45) is 2.12. The number of rotatable bonds is 15. The number of amides is 2. The van der Waals surface area contributed by atoms with E-state index in [0.29, 0.717) is 59.8 Å². The number of hydrogen-bond acceptors (Lipinski definition) is 8. The average Bonchev–Trinajstić information content (AvgIpc) is 3.12. The van der Waals surface area contributed by atoms with Gasteiger partial charge in [-0.25, -0.2) is 4.79 Å². The minimum atomic E-state index is -0.974. The van der Waals surface area contributed by atoms with E-state index in [2.05, 4.69) is 10.6 Å². The lowest BCUT2D eigenvalue weighted by Gasteiger charge is -2.36. The van der Waals surface area contributed by atoms with Gasteiger partial charge in [0.25, 0.3) is 0 Å². The number of nitrogen functional groups attached to an aromatic ring is 1. The Bertz CT molecular complexity index is 1720. The van der Waals surface area contributed by atoms with Gasteiger partial charge in [-0.15, -0.1) is 11.8 Å². The van der Waals surface area contributed by atoms with Crippen molar-refractivity contribution in [2.24, 2.45) is 0 Å². The minimum Gasteiger partial charge on any atom is -0.478 e. The van der Waals surface area contributed by atoms with Crippen molar-refractivity contribution in [2.75, 3.05) is 22.1 Å². The number of thioether (sulfide) groups is 1. The van der Waals surface area contributed by atoms with Crippen LogP contribution in [0.25, 0.3) is 0 Å². The van der Waals surface area contributed by atoms with Gasteiger partial charge in [-0.1, -0.05) is 67.1 Å². The fourth-order valence-corrected chi connectivity index (χ4v) is 6.56. The molecule has 0 spiro atoms. The summed E-state index contributed by atoms with van der Waals surface area (Å²) in [5.74, 6) is -0.661. The number of aliphatic hydroxyl groups is 1. The number of carbonyl (C=O) groups excluding carboxylic acids is 2. The molecule has 0 saturated carbocycles. The van der Waals surface area contributed by atoms with E-state index in [4.69, 9.17) is 15.2 Å². The molecule has 49 heavy (non-hydrogen) atoms. The van der Waals surface area contributed by atoms with Crippen LogP contribution in [0.3, 0.4) is 0 Å². The number of nitrogens with one attached hydrogen (secondary N) is 2. The zero-order valence-electron chi connectivity index (χ0n) is 27.0. The third kappa shape index (κ3) is 10.4. The first-order valence-electron chi connectivity index (χ1n) is 16.3. The van der Waals surface area contributed by atoms with Gasteiger partial charge in [-0.2, -0.15) is 0 Å². The average molecular weight is 684 g/mol. The molecule has 1 heterocycles. The largest absolute Gasteiger partial charge is 0.478 e. The quantitative estimate of drug-likeness (QED) is 0.0491. The highest BCUT2D eigenvalue weighted by Crippen LogP contribution is 2.40. The van der Waals surface area contributed by atoms with Crippen LogP contribution in [-0.2, 0) is 25.7 Å². The predicted molar refractivity (Wildman–Crippen MR) is 190 cm³/mol. The molecule has 1 aliphatic rings. The van der Waals surface area contributed by atoms with E-state index in [1.807, 2.05) is 66.7 Å². The number of para-hydroxylation sites is 2. The molecule has 0 radical (unpaired) electrons. The van der Waals surface area contributed by atoms with E-state index in [1.165, 1.54) is 11.8 Å². The van der Waals surface area contributed by atoms with E-state index in [1.54, 1.807) is 30.3 Å². The second-order valence-electron chi connectivity index (χ2n) is 11.8. The molecule has 2 amide bonds. The van der Waals surface area contributed by atoms with Crippen molar-refractivity contribution in [3.63, 3.8) is 0 Å². The summed E-state index contributed by atoms with van der Waals surface area (Å²) in [4.78, 5) is 37.2. The molecule has 0 aromatic heterocycles. The molecule has 0 bridgehead atoms. The Morgan fingerprint density at radius 3 is 2.12 bits per heavy atom. The molecule has 6 N–H and O–H groups in total. The Morgan fingerprint density at radius 1 is 0.776 bits per heavy atom. The van der Waals surface area contributed by atoms with Crippen LogP contribution in [0.2, 0.25) is 0 Å². The molecular formula is C38H41N3O7S. The molecule has 10 nitrogen and oxygen atoms in total. The fraction of sp³-hybridized carbons (Fsp3) is 0.289.